The summed E-state index contributed by atoms with van der Waals surface area (Å²) < 4.78 is 13.5. The van der Waals surface area contributed by atoms with Gasteiger partial charge in [0.15, 0.2) is 0 Å². The Kier molecular flexibility index (Phi) is 5.09. The standard InChI is InChI=1S/C15H21FN2O2/c1-18-6-4-11(5-7-18)9-17-10-12-2-3-13(15(19)20)14(16)8-12/h2-3,8,11,17H,4-7,9-10H2,1H3,(H,19,20). The highest BCUT2D eigenvalue weighted by atomic mass is 19.1. The summed E-state index contributed by atoms with van der Waals surface area (Å²) in [5, 5.41) is 12.1. The zero-order valence-corrected chi connectivity index (χ0v) is 11.7. The predicted molar refractivity (Wildman–Crippen MR) is 75.3 cm³/mol. The topological polar surface area (TPSA) is 52.6 Å². The number of nitrogens with zero attached hydrogens (tertiary/aromatic N) is 1. The third-order valence-corrected chi connectivity index (χ3v) is 3.86. The van der Waals surface area contributed by atoms with Gasteiger partial charge in [-0.2, -0.15) is 0 Å². The molecule has 0 bridgehead atoms. The summed E-state index contributed by atoms with van der Waals surface area (Å²) in [6.07, 6.45) is 2.38. The molecule has 0 aliphatic carbocycles. The molecule has 0 radical (unpaired) electrons. The molecule has 20 heavy (non-hydrogen) atoms. The van der Waals surface area contributed by atoms with Crippen molar-refractivity contribution in [2.24, 2.45) is 5.92 Å². The molecule has 0 saturated carbocycles. The van der Waals surface area contributed by atoms with E-state index in [0.29, 0.717) is 12.5 Å². The SMILES string of the molecule is CN1CCC(CNCc2ccc(C(=O)O)c(F)c2)CC1. The minimum atomic E-state index is -1.23. The Hall–Kier alpha value is -1.46. The number of piperidine rings is 1. The molecule has 2 rings (SSSR count). The van der Waals surface area contributed by atoms with Gasteiger partial charge in [-0.25, -0.2) is 9.18 Å². The van der Waals surface area contributed by atoms with Crippen LogP contribution < -0.4 is 5.32 Å². The average Bonchev–Trinajstić information content (AvgIpc) is 2.41. The lowest BCUT2D eigenvalue weighted by Crippen LogP contribution is -2.34. The molecular weight excluding hydrogens is 259 g/mol. The second-order valence-electron chi connectivity index (χ2n) is 5.50. The summed E-state index contributed by atoms with van der Waals surface area (Å²) in [7, 11) is 2.14. The van der Waals surface area contributed by atoms with Gasteiger partial charge in [0.2, 0.25) is 0 Å². The van der Waals surface area contributed by atoms with Gasteiger partial charge in [-0.15, -0.1) is 0 Å². The van der Waals surface area contributed by atoms with Gasteiger partial charge in [0.25, 0.3) is 0 Å². The Morgan fingerprint density at radius 3 is 2.75 bits per heavy atom. The minimum absolute atomic E-state index is 0.274. The van der Waals surface area contributed by atoms with Gasteiger partial charge >= 0.3 is 5.97 Å². The largest absolute Gasteiger partial charge is 0.478 e. The number of hydrogen-bond donors (Lipinski definition) is 2. The second kappa shape index (κ2) is 6.81. The maximum atomic E-state index is 13.5. The van der Waals surface area contributed by atoms with Crippen molar-refractivity contribution in [1.29, 1.82) is 0 Å². The van der Waals surface area contributed by atoms with Gasteiger partial charge in [-0.1, -0.05) is 6.07 Å². The maximum absolute atomic E-state index is 13.5. The third kappa shape index (κ3) is 4.02. The summed E-state index contributed by atoms with van der Waals surface area (Å²) in [6.45, 7) is 3.77. The van der Waals surface area contributed by atoms with Crippen molar-refractivity contribution in [3.05, 3.63) is 35.1 Å². The van der Waals surface area contributed by atoms with Crippen molar-refractivity contribution >= 4 is 5.97 Å². The molecule has 1 fully saturated rings. The van der Waals surface area contributed by atoms with Crippen LogP contribution in [0.25, 0.3) is 0 Å². The number of likely N-dealkylation sites (tertiary alicyclic amines) is 1. The Labute approximate surface area is 118 Å². The molecule has 4 nitrogen and oxygen atoms in total. The monoisotopic (exact) mass is 280 g/mol. The van der Waals surface area contributed by atoms with Crippen LogP contribution in [0, 0.1) is 11.7 Å². The average molecular weight is 280 g/mol. The zero-order valence-electron chi connectivity index (χ0n) is 11.7. The molecule has 110 valence electrons. The van der Waals surface area contributed by atoms with Crippen LogP contribution in [-0.4, -0.2) is 42.7 Å². The molecule has 0 unspecified atom stereocenters. The molecule has 1 heterocycles. The molecular formula is C15H21FN2O2. The highest BCUT2D eigenvalue weighted by Crippen LogP contribution is 2.15. The van der Waals surface area contributed by atoms with Crippen molar-refractivity contribution < 1.29 is 14.3 Å². The van der Waals surface area contributed by atoms with Crippen LogP contribution in [0.5, 0.6) is 0 Å². The molecule has 1 aliphatic rings. The molecule has 1 saturated heterocycles. The summed E-state index contributed by atoms with van der Waals surface area (Å²) in [4.78, 5) is 13.1. The Morgan fingerprint density at radius 2 is 2.15 bits per heavy atom. The van der Waals surface area contributed by atoms with E-state index in [2.05, 4.69) is 17.3 Å². The molecule has 1 aromatic carbocycles. The molecule has 2 N–H and O–H groups in total. The first kappa shape index (κ1) is 14.9. The van der Waals surface area contributed by atoms with Gasteiger partial charge in [0, 0.05) is 6.54 Å². The summed E-state index contributed by atoms with van der Waals surface area (Å²) in [5.41, 5.74) is 0.504. The number of carbonyl (C=O) groups is 1. The first-order valence-electron chi connectivity index (χ1n) is 6.97. The molecule has 0 spiro atoms. The fourth-order valence-electron chi connectivity index (χ4n) is 2.53. The normalized spacial score (nSPS) is 17.3. The van der Waals surface area contributed by atoms with E-state index in [-0.39, 0.29) is 5.56 Å². The quantitative estimate of drug-likeness (QED) is 0.865. The number of aromatic carboxylic acids is 1. The van der Waals surface area contributed by atoms with Gasteiger partial charge < -0.3 is 15.3 Å². The molecule has 1 aliphatic heterocycles. The lowest BCUT2D eigenvalue weighted by molar-refractivity contribution is 0.0692. The first-order chi connectivity index (χ1) is 9.56. The van der Waals surface area contributed by atoms with Crippen molar-refractivity contribution in [3.8, 4) is 0 Å². The fraction of sp³-hybridized carbons (Fsp3) is 0.533. The Bertz CT molecular complexity index is 471. The summed E-state index contributed by atoms with van der Waals surface area (Å²) in [5.74, 6) is -1.22. The molecule has 1 aromatic rings. The van der Waals surface area contributed by atoms with E-state index in [9.17, 15) is 9.18 Å². The van der Waals surface area contributed by atoms with Crippen LogP contribution in [0.4, 0.5) is 4.39 Å². The number of carboxylic acid groups (broad SMARTS) is 1. The number of carboxylic acids is 1. The number of halogens is 1. The lowest BCUT2D eigenvalue weighted by atomic mass is 9.97. The number of benzene rings is 1. The van der Waals surface area contributed by atoms with Crippen LogP contribution in [0.1, 0.15) is 28.8 Å². The number of hydrogen-bond acceptors (Lipinski definition) is 3. The van der Waals surface area contributed by atoms with Crippen molar-refractivity contribution in [1.82, 2.24) is 10.2 Å². The van der Waals surface area contributed by atoms with Crippen LogP contribution >= 0.6 is 0 Å². The Balaban J connectivity index is 1.79. The van der Waals surface area contributed by atoms with E-state index in [1.165, 1.54) is 25.0 Å². The van der Waals surface area contributed by atoms with Crippen LogP contribution in [-0.2, 0) is 6.54 Å². The molecule has 0 aromatic heterocycles. The predicted octanol–water partition coefficient (Wildman–Crippen LogP) is 1.96. The fourth-order valence-corrected chi connectivity index (χ4v) is 2.53. The highest BCUT2D eigenvalue weighted by Gasteiger charge is 2.16. The molecule has 5 heteroatoms. The van der Waals surface area contributed by atoms with E-state index in [4.69, 9.17) is 5.11 Å². The van der Waals surface area contributed by atoms with Crippen molar-refractivity contribution in [2.45, 2.75) is 19.4 Å². The van der Waals surface area contributed by atoms with E-state index < -0.39 is 11.8 Å². The molecule has 0 atom stereocenters. The van der Waals surface area contributed by atoms with E-state index in [0.717, 1.165) is 25.2 Å². The maximum Gasteiger partial charge on any atom is 0.338 e. The minimum Gasteiger partial charge on any atom is -0.478 e. The zero-order chi connectivity index (χ0) is 14.5. The Morgan fingerprint density at radius 1 is 1.45 bits per heavy atom. The first-order valence-corrected chi connectivity index (χ1v) is 6.97. The van der Waals surface area contributed by atoms with E-state index in [1.54, 1.807) is 6.07 Å². The highest BCUT2D eigenvalue weighted by molar-refractivity contribution is 5.87. The van der Waals surface area contributed by atoms with Crippen molar-refractivity contribution in [3.63, 3.8) is 0 Å². The van der Waals surface area contributed by atoms with Gasteiger partial charge in [-0.05, 0) is 63.1 Å². The van der Waals surface area contributed by atoms with Gasteiger partial charge in [0.1, 0.15) is 5.82 Å². The summed E-state index contributed by atoms with van der Waals surface area (Å²) in [6, 6.07) is 4.28. The van der Waals surface area contributed by atoms with Crippen LogP contribution in [0.2, 0.25) is 0 Å². The third-order valence-electron chi connectivity index (χ3n) is 3.86. The van der Waals surface area contributed by atoms with Gasteiger partial charge in [-0.3, -0.25) is 0 Å². The molecule has 0 amide bonds. The van der Waals surface area contributed by atoms with Crippen molar-refractivity contribution in [2.75, 3.05) is 26.7 Å². The summed E-state index contributed by atoms with van der Waals surface area (Å²) >= 11 is 0. The van der Waals surface area contributed by atoms with Gasteiger partial charge in [0.05, 0.1) is 5.56 Å². The van der Waals surface area contributed by atoms with Crippen LogP contribution in [0.3, 0.4) is 0 Å². The lowest BCUT2D eigenvalue weighted by Gasteiger charge is -2.29. The second-order valence-corrected chi connectivity index (χ2v) is 5.50. The van der Waals surface area contributed by atoms with E-state index >= 15 is 0 Å². The number of rotatable bonds is 5. The van der Waals surface area contributed by atoms with Crippen LogP contribution in [0.15, 0.2) is 18.2 Å². The smallest absolute Gasteiger partial charge is 0.338 e. The van der Waals surface area contributed by atoms with E-state index in [1.807, 2.05) is 0 Å². The number of nitrogens with one attached hydrogen (secondary N) is 1.